The van der Waals surface area contributed by atoms with Crippen molar-refractivity contribution in [3.8, 4) is 0 Å². The van der Waals surface area contributed by atoms with Crippen LogP contribution < -0.4 is 0 Å². The lowest BCUT2D eigenvalue weighted by molar-refractivity contribution is -0.0430. The summed E-state index contributed by atoms with van der Waals surface area (Å²) in [7, 11) is 0. The minimum Gasteiger partial charge on any atom is -0.465 e. The Balaban J connectivity index is 2.63. The molecule has 0 spiro atoms. The van der Waals surface area contributed by atoms with E-state index in [0.29, 0.717) is 19.4 Å². The van der Waals surface area contributed by atoms with Crippen LogP contribution in [0.25, 0.3) is 0 Å². The SMILES string of the molecule is CCC[C@@H](O)CC1COC(C)(C)N1C(=O)O. The fraction of sp³-hybridized carbons (Fsp3) is 0.909. The summed E-state index contributed by atoms with van der Waals surface area (Å²) < 4.78 is 5.44. The largest absolute Gasteiger partial charge is 0.465 e. The van der Waals surface area contributed by atoms with E-state index < -0.39 is 17.9 Å². The molecule has 16 heavy (non-hydrogen) atoms. The van der Waals surface area contributed by atoms with Gasteiger partial charge in [0, 0.05) is 0 Å². The molecule has 1 rings (SSSR count). The highest BCUT2D eigenvalue weighted by atomic mass is 16.5. The van der Waals surface area contributed by atoms with Gasteiger partial charge in [0.15, 0.2) is 0 Å². The molecule has 0 aliphatic carbocycles. The summed E-state index contributed by atoms with van der Waals surface area (Å²) in [5, 5.41) is 18.8. The average molecular weight is 231 g/mol. The summed E-state index contributed by atoms with van der Waals surface area (Å²) in [6.45, 7) is 5.81. The van der Waals surface area contributed by atoms with Crippen LogP contribution in [0.2, 0.25) is 0 Å². The van der Waals surface area contributed by atoms with Gasteiger partial charge in [-0.15, -0.1) is 0 Å². The van der Waals surface area contributed by atoms with Crippen molar-refractivity contribution in [1.29, 1.82) is 0 Å². The van der Waals surface area contributed by atoms with E-state index in [1.54, 1.807) is 13.8 Å². The van der Waals surface area contributed by atoms with Gasteiger partial charge in [0.2, 0.25) is 0 Å². The maximum absolute atomic E-state index is 11.1. The second kappa shape index (κ2) is 5.01. The molecule has 0 saturated carbocycles. The molecule has 0 aromatic carbocycles. The van der Waals surface area contributed by atoms with Crippen LogP contribution in [-0.4, -0.2) is 45.7 Å². The molecule has 0 aromatic heterocycles. The lowest BCUT2D eigenvalue weighted by atomic mass is 10.0. The van der Waals surface area contributed by atoms with Crippen LogP contribution in [0.3, 0.4) is 0 Å². The van der Waals surface area contributed by atoms with E-state index in [1.807, 2.05) is 6.92 Å². The van der Waals surface area contributed by atoms with Crippen molar-refractivity contribution in [3.63, 3.8) is 0 Å². The van der Waals surface area contributed by atoms with Crippen LogP contribution in [0, 0.1) is 0 Å². The fourth-order valence-corrected chi connectivity index (χ4v) is 2.21. The molecule has 0 aromatic rings. The number of aliphatic hydroxyl groups is 1. The Kier molecular flexibility index (Phi) is 4.15. The van der Waals surface area contributed by atoms with Crippen LogP contribution in [0.5, 0.6) is 0 Å². The maximum Gasteiger partial charge on any atom is 0.409 e. The van der Waals surface area contributed by atoms with Crippen molar-refractivity contribution in [2.75, 3.05) is 6.61 Å². The van der Waals surface area contributed by atoms with Gasteiger partial charge >= 0.3 is 6.09 Å². The van der Waals surface area contributed by atoms with Crippen LogP contribution >= 0.6 is 0 Å². The Bertz CT molecular complexity index is 254. The first-order valence-electron chi connectivity index (χ1n) is 5.72. The molecule has 2 atom stereocenters. The summed E-state index contributed by atoms with van der Waals surface area (Å²) >= 11 is 0. The van der Waals surface area contributed by atoms with E-state index in [9.17, 15) is 9.90 Å². The number of aliphatic hydroxyl groups excluding tert-OH is 1. The van der Waals surface area contributed by atoms with Crippen molar-refractivity contribution >= 4 is 6.09 Å². The Morgan fingerprint density at radius 1 is 1.62 bits per heavy atom. The van der Waals surface area contributed by atoms with Gasteiger partial charge in [-0.2, -0.15) is 0 Å². The van der Waals surface area contributed by atoms with Crippen LogP contribution in [-0.2, 0) is 4.74 Å². The highest BCUT2D eigenvalue weighted by molar-refractivity contribution is 5.66. The number of nitrogens with zero attached hydrogens (tertiary/aromatic N) is 1. The standard InChI is InChI=1S/C11H21NO4/c1-4-5-9(13)6-8-7-16-11(2,3)12(8)10(14)15/h8-9,13H,4-7H2,1-3H3,(H,14,15)/t8?,9-/m1/s1. The molecule has 5 nitrogen and oxygen atoms in total. The Morgan fingerprint density at radius 2 is 2.25 bits per heavy atom. The number of amides is 1. The van der Waals surface area contributed by atoms with Gasteiger partial charge in [0.25, 0.3) is 0 Å². The lowest BCUT2D eigenvalue weighted by Gasteiger charge is -2.31. The second-order valence-corrected chi connectivity index (χ2v) is 4.74. The minimum atomic E-state index is -0.990. The van der Waals surface area contributed by atoms with Gasteiger partial charge in [-0.05, 0) is 26.7 Å². The van der Waals surface area contributed by atoms with Gasteiger partial charge in [0.05, 0.1) is 18.8 Å². The lowest BCUT2D eigenvalue weighted by Crippen LogP contribution is -2.48. The topological polar surface area (TPSA) is 70.0 Å². The first-order chi connectivity index (χ1) is 7.38. The molecule has 1 saturated heterocycles. The normalized spacial score (nSPS) is 25.8. The smallest absolute Gasteiger partial charge is 0.409 e. The zero-order valence-electron chi connectivity index (χ0n) is 10.1. The van der Waals surface area contributed by atoms with Crippen molar-refractivity contribution in [2.24, 2.45) is 0 Å². The van der Waals surface area contributed by atoms with Gasteiger partial charge < -0.3 is 14.9 Å². The molecule has 1 unspecified atom stereocenters. The van der Waals surface area contributed by atoms with E-state index in [0.717, 1.165) is 6.42 Å². The van der Waals surface area contributed by atoms with Gasteiger partial charge in [-0.25, -0.2) is 4.79 Å². The van der Waals surface area contributed by atoms with E-state index in [1.165, 1.54) is 4.90 Å². The maximum atomic E-state index is 11.1. The number of rotatable bonds is 4. The van der Waals surface area contributed by atoms with Crippen LogP contribution in [0.4, 0.5) is 4.79 Å². The zero-order valence-corrected chi connectivity index (χ0v) is 10.1. The monoisotopic (exact) mass is 231 g/mol. The highest BCUT2D eigenvalue weighted by Crippen LogP contribution is 2.29. The molecule has 2 N–H and O–H groups in total. The highest BCUT2D eigenvalue weighted by Gasteiger charge is 2.44. The summed E-state index contributed by atoms with van der Waals surface area (Å²) in [6, 6.07) is -0.242. The molecule has 94 valence electrons. The average Bonchev–Trinajstić information content (AvgIpc) is 2.41. The first kappa shape index (κ1) is 13.3. The third kappa shape index (κ3) is 2.86. The summed E-state index contributed by atoms with van der Waals surface area (Å²) in [6.07, 6.45) is 0.602. The van der Waals surface area contributed by atoms with Crippen molar-refractivity contribution in [1.82, 2.24) is 4.90 Å². The first-order valence-corrected chi connectivity index (χ1v) is 5.72. The van der Waals surface area contributed by atoms with Crippen molar-refractivity contribution in [2.45, 2.75) is 57.9 Å². The molecule has 0 radical (unpaired) electrons. The van der Waals surface area contributed by atoms with Gasteiger partial charge in [0.1, 0.15) is 5.72 Å². The third-order valence-electron chi connectivity index (χ3n) is 2.95. The molecule has 1 fully saturated rings. The number of hydrogen-bond donors (Lipinski definition) is 2. The summed E-state index contributed by atoms with van der Waals surface area (Å²) in [5.41, 5.74) is -0.789. The number of carboxylic acid groups (broad SMARTS) is 1. The Hall–Kier alpha value is -0.810. The third-order valence-corrected chi connectivity index (χ3v) is 2.95. The Morgan fingerprint density at radius 3 is 2.75 bits per heavy atom. The van der Waals surface area contributed by atoms with E-state index in [-0.39, 0.29) is 6.04 Å². The molecular formula is C11H21NO4. The predicted molar refractivity (Wildman–Crippen MR) is 59.2 cm³/mol. The molecule has 1 aliphatic heterocycles. The summed E-state index contributed by atoms with van der Waals surface area (Å²) in [5.74, 6) is 0. The second-order valence-electron chi connectivity index (χ2n) is 4.74. The number of carbonyl (C=O) groups is 1. The molecule has 1 heterocycles. The van der Waals surface area contributed by atoms with Crippen LogP contribution in [0.1, 0.15) is 40.0 Å². The predicted octanol–water partition coefficient (Wildman–Crippen LogP) is 1.65. The van der Waals surface area contributed by atoms with Crippen LogP contribution in [0.15, 0.2) is 0 Å². The Labute approximate surface area is 96.0 Å². The minimum absolute atomic E-state index is 0.242. The fourth-order valence-electron chi connectivity index (χ4n) is 2.21. The molecule has 1 amide bonds. The molecule has 0 bridgehead atoms. The molecular weight excluding hydrogens is 210 g/mol. The van der Waals surface area contributed by atoms with Crippen molar-refractivity contribution in [3.05, 3.63) is 0 Å². The van der Waals surface area contributed by atoms with Gasteiger partial charge in [-0.1, -0.05) is 13.3 Å². The molecule has 1 aliphatic rings. The van der Waals surface area contributed by atoms with E-state index in [2.05, 4.69) is 0 Å². The van der Waals surface area contributed by atoms with E-state index >= 15 is 0 Å². The van der Waals surface area contributed by atoms with Gasteiger partial charge in [-0.3, -0.25) is 4.90 Å². The number of ether oxygens (including phenoxy) is 1. The molecule has 5 heteroatoms. The van der Waals surface area contributed by atoms with E-state index in [4.69, 9.17) is 9.84 Å². The summed E-state index contributed by atoms with van der Waals surface area (Å²) in [4.78, 5) is 12.4. The quantitative estimate of drug-likeness (QED) is 0.772. The van der Waals surface area contributed by atoms with Crippen molar-refractivity contribution < 1.29 is 19.7 Å². The zero-order chi connectivity index (χ0) is 12.3. The number of hydrogen-bond acceptors (Lipinski definition) is 3.